The van der Waals surface area contributed by atoms with Gasteiger partial charge in [-0.1, -0.05) is 24.3 Å². The summed E-state index contributed by atoms with van der Waals surface area (Å²) in [5.74, 6) is 0. The lowest BCUT2D eigenvalue weighted by atomic mass is 9.96. The molecular weight excluding hydrogens is 342 g/mol. The summed E-state index contributed by atoms with van der Waals surface area (Å²) >= 11 is 0. The Morgan fingerprint density at radius 2 is 1.79 bits per heavy atom. The van der Waals surface area contributed by atoms with Gasteiger partial charge in [0.15, 0.2) is 11.9 Å². The number of hydrogen-bond acceptors (Lipinski definition) is 0. The van der Waals surface area contributed by atoms with E-state index in [1.165, 1.54) is 54.6 Å². The number of pyridine rings is 2. The topological polar surface area (TPSA) is 12.6 Å². The number of benzene rings is 3. The smallest absolute Gasteiger partial charge is 0.224 e. The Labute approximate surface area is 162 Å². The maximum absolute atomic E-state index is 7.48. The fraction of sp³-hybridized carbons (Fsp3) is 0.120. The van der Waals surface area contributed by atoms with Crippen molar-refractivity contribution in [2.45, 2.75) is 13.8 Å². The van der Waals surface area contributed by atoms with Gasteiger partial charge in [-0.2, -0.15) is 0 Å². The summed E-state index contributed by atoms with van der Waals surface area (Å²) in [6.07, 6.45) is 2.16. The van der Waals surface area contributed by atoms with Gasteiger partial charge in [0.1, 0.15) is 7.05 Å². The normalized spacial score (nSPS) is 12.1. The molecule has 0 aliphatic rings. The van der Waals surface area contributed by atoms with Crippen molar-refractivity contribution < 1.29 is 4.57 Å². The summed E-state index contributed by atoms with van der Waals surface area (Å²) < 4.78 is 4.62. The third kappa shape index (κ3) is 1.66. The zero-order valence-corrected chi connectivity index (χ0v) is 16.0. The van der Waals surface area contributed by atoms with Crippen LogP contribution in [0.2, 0.25) is 0 Å². The first kappa shape index (κ1) is 15.4. The molecule has 0 aliphatic heterocycles. The highest BCUT2D eigenvalue weighted by Crippen LogP contribution is 2.42. The zero-order valence-electron chi connectivity index (χ0n) is 16.0. The molecule has 0 saturated heterocycles. The molecule has 3 aromatic heterocycles. The first-order chi connectivity index (χ1) is 13.6. The monoisotopic (exact) mass is 360 g/mol. The van der Waals surface area contributed by atoms with Crippen LogP contribution in [0.25, 0.3) is 53.8 Å². The lowest BCUT2D eigenvalue weighted by Crippen LogP contribution is -2.29. The van der Waals surface area contributed by atoms with Crippen molar-refractivity contribution in [1.29, 1.82) is 0 Å². The van der Waals surface area contributed by atoms with Crippen LogP contribution >= 0.6 is 0 Å². The molecule has 0 saturated carbocycles. The molecule has 0 N–H and O–H groups in total. The molecule has 3 heterocycles. The molecule has 0 radical (unpaired) electrons. The van der Waals surface area contributed by atoms with E-state index in [0.717, 1.165) is 5.52 Å². The Morgan fingerprint density at radius 1 is 0.929 bits per heavy atom. The molecule has 0 atom stereocenters. The second-order valence-electron chi connectivity index (χ2n) is 7.75. The maximum atomic E-state index is 7.48. The molecular formula is C25H18N3+. The number of aryl methyl sites for hydroxylation is 3. The van der Waals surface area contributed by atoms with Crippen LogP contribution in [0, 0.1) is 20.4 Å². The van der Waals surface area contributed by atoms with Crippen LogP contribution in [0.3, 0.4) is 0 Å². The van der Waals surface area contributed by atoms with Gasteiger partial charge in [0.2, 0.25) is 5.52 Å². The Balaban J connectivity index is 2.13. The Morgan fingerprint density at radius 3 is 2.61 bits per heavy atom. The molecule has 0 unspecified atom stereocenters. The quantitative estimate of drug-likeness (QED) is 0.137. The largest absolute Gasteiger partial charge is 0.309 e. The van der Waals surface area contributed by atoms with Gasteiger partial charge in [-0.15, -0.1) is 0 Å². The van der Waals surface area contributed by atoms with E-state index in [-0.39, 0.29) is 0 Å². The molecule has 0 bridgehead atoms. The molecule has 0 spiro atoms. The third-order valence-corrected chi connectivity index (χ3v) is 6.30. The first-order valence-corrected chi connectivity index (χ1v) is 9.48. The van der Waals surface area contributed by atoms with Gasteiger partial charge in [-0.05, 0) is 48.6 Å². The highest BCUT2D eigenvalue weighted by Gasteiger charge is 2.24. The second-order valence-corrected chi connectivity index (χ2v) is 7.75. The minimum Gasteiger partial charge on any atom is -0.309 e. The Bertz CT molecular complexity index is 1640. The zero-order chi connectivity index (χ0) is 19.2. The van der Waals surface area contributed by atoms with Crippen molar-refractivity contribution in [2.75, 3.05) is 0 Å². The van der Waals surface area contributed by atoms with Crippen molar-refractivity contribution in [3.05, 3.63) is 77.3 Å². The number of hydrogen-bond donors (Lipinski definition) is 0. The molecule has 28 heavy (non-hydrogen) atoms. The summed E-state index contributed by atoms with van der Waals surface area (Å²) in [5.41, 5.74) is 8.13. The summed E-state index contributed by atoms with van der Waals surface area (Å²) in [6.45, 7) is 11.9. The number of nitrogens with zero attached hydrogens (tertiary/aromatic N) is 3. The average Bonchev–Trinajstić information content (AvgIpc) is 3.03. The van der Waals surface area contributed by atoms with Gasteiger partial charge in [0.25, 0.3) is 0 Å². The van der Waals surface area contributed by atoms with Gasteiger partial charge in [0.05, 0.1) is 28.4 Å². The van der Waals surface area contributed by atoms with E-state index in [9.17, 15) is 0 Å². The van der Waals surface area contributed by atoms with Crippen molar-refractivity contribution in [3.8, 4) is 0 Å². The number of rotatable bonds is 0. The fourth-order valence-corrected chi connectivity index (χ4v) is 4.89. The maximum Gasteiger partial charge on any atom is 0.224 e. The highest BCUT2D eigenvalue weighted by molar-refractivity contribution is 6.26. The van der Waals surface area contributed by atoms with Crippen LogP contribution in [0.15, 0.2) is 54.7 Å². The molecule has 0 aliphatic carbocycles. The predicted molar refractivity (Wildman–Crippen MR) is 116 cm³/mol. The van der Waals surface area contributed by atoms with Gasteiger partial charge in [-0.3, -0.25) is 0 Å². The fourth-order valence-electron chi connectivity index (χ4n) is 4.89. The van der Waals surface area contributed by atoms with E-state index < -0.39 is 0 Å². The van der Waals surface area contributed by atoms with Crippen molar-refractivity contribution >= 4 is 54.7 Å². The standard InChI is InChI=1S/C25H18N3/c1-14-12-19-18-9-8-17(26-3)13-21(18)28-20-7-5-6-16-10-11-27(4)25(23(16)20)22(15(14)2)24(19)28/h5-13H,1-2,4H3/q+1. The molecule has 6 rings (SSSR count). The van der Waals surface area contributed by atoms with Gasteiger partial charge < -0.3 is 4.40 Å². The number of aromatic nitrogens is 2. The van der Waals surface area contributed by atoms with Crippen LogP contribution in [-0.4, -0.2) is 4.40 Å². The minimum atomic E-state index is 0.679. The second kappa shape index (κ2) is 4.99. The van der Waals surface area contributed by atoms with Gasteiger partial charge >= 0.3 is 0 Å². The van der Waals surface area contributed by atoms with Crippen molar-refractivity contribution in [2.24, 2.45) is 7.05 Å². The average molecular weight is 360 g/mol. The SMILES string of the molecule is [C-]#[N+]c1ccc2c3cc(C)c(C)c4c3n(c2c1)c1cccc2cc[n+](C)c4c21. The van der Waals surface area contributed by atoms with Crippen LogP contribution in [0.5, 0.6) is 0 Å². The molecule has 0 amide bonds. The van der Waals surface area contributed by atoms with Crippen LogP contribution in [0.1, 0.15) is 11.1 Å². The van der Waals surface area contributed by atoms with E-state index in [1.807, 2.05) is 12.1 Å². The summed E-state index contributed by atoms with van der Waals surface area (Å²) in [4.78, 5) is 3.68. The third-order valence-electron chi connectivity index (χ3n) is 6.30. The first-order valence-electron chi connectivity index (χ1n) is 9.48. The van der Waals surface area contributed by atoms with Crippen molar-refractivity contribution in [3.63, 3.8) is 0 Å². The molecule has 3 nitrogen and oxygen atoms in total. The van der Waals surface area contributed by atoms with Crippen LogP contribution in [0.4, 0.5) is 5.69 Å². The van der Waals surface area contributed by atoms with Gasteiger partial charge in [-0.25, -0.2) is 9.41 Å². The lowest BCUT2D eigenvalue weighted by Gasteiger charge is -2.13. The highest BCUT2D eigenvalue weighted by atomic mass is 15.0. The Kier molecular flexibility index (Phi) is 2.75. The lowest BCUT2D eigenvalue weighted by molar-refractivity contribution is -0.643. The van der Waals surface area contributed by atoms with E-state index in [1.54, 1.807) is 0 Å². The van der Waals surface area contributed by atoms with E-state index in [4.69, 9.17) is 6.57 Å². The van der Waals surface area contributed by atoms with E-state index >= 15 is 0 Å². The molecule has 132 valence electrons. The van der Waals surface area contributed by atoms with E-state index in [2.05, 4.69) is 77.3 Å². The predicted octanol–water partition coefficient (Wildman–Crippen LogP) is 5.98. The molecule has 0 fully saturated rings. The number of fused-ring (bicyclic) bond motifs is 5. The summed E-state index contributed by atoms with van der Waals surface area (Å²) in [7, 11) is 2.13. The molecule has 6 aromatic rings. The van der Waals surface area contributed by atoms with E-state index in [0.29, 0.717) is 5.69 Å². The molecule has 3 heteroatoms. The summed E-state index contributed by atoms with van der Waals surface area (Å²) in [6, 6.07) is 17.1. The molecule has 3 aromatic carbocycles. The van der Waals surface area contributed by atoms with Crippen LogP contribution < -0.4 is 4.57 Å². The Hall–Kier alpha value is -3.64. The summed E-state index contributed by atoms with van der Waals surface area (Å²) in [5, 5.41) is 6.30. The van der Waals surface area contributed by atoms with Crippen LogP contribution in [-0.2, 0) is 7.05 Å². The van der Waals surface area contributed by atoms with Crippen molar-refractivity contribution in [1.82, 2.24) is 4.40 Å². The minimum absolute atomic E-state index is 0.679. The van der Waals surface area contributed by atoms with Gasteiger partial charge in [0, 0.05) is 22.4 Å².